The fraction of sp³-hybridized carbons (Fsp3) is 0.800. The topological polar surface area (TPSA) is 63.3 Å². The number of primary amides is 1. The summed E-state index contributed by atoms with van der Waals surface area (Å²) < 4.78 is 0. The van der Waals surface area contributed by atoms with Crippen LogP contribution in [0.4, 0.5) is 0 Å². The van der Waals surface area contributed by atoms with E-state index in [1.165, 1.54) is 0 Å². The van der Waals surface area contributed by atoms with E-state index in [1.807, 2.05) is 0 Å². The monoisotopic (exact) mass is 117 g/mol. The van der Waals surface area contributed by atoms with E-state index in [0.29, 0.717) is 0 Å². The third kappa shape index (κ3) is 3.61. The second kappa shape index (κ2) is 3.43. The van der Waals surface area contributed by atoms with Gasteiger partial charge in [0.15, 0.2) is 0 Å². The molecular formula is C5H11NO2. The van der Waals surface area contributed by atoms with Gasteiger partial charge in [-0.1, -0.05) is 6.92 Å². The lowest BCUT2D eigenvalue weighted by Crippen LogP contribution is -2.16. The van der Waals surface area contributed by atoms with Crippen molar-refractivity contribution in [3.63, 3.8) is 0 Å². The van der Waals surface area contributed by atoms with Gasteiger partial charge in [-0.05, 0) is 5.92 Å². The highest BCUT2D eigenvalue weighted by Gasteiger charge is 2.02. The van der Waals surface area contributed by atoms with Gasteiger partial charge in [-0.25, -0.2) is 0 Å². The molecule has 1 atom stereocenters. The number of amides is 1. The summed E-state index contributed by atoms with van der Waals surface area (Å²) in [5, 5.41) is 8.38. The molecule has 3 N–H and O–H groups in total. The van der Waals surface area contributed by atoms with Crippen molar-refractivity contribution in [2.24, 2.45) is 11.7 Å². The van der Waals surface area contributed by atoms with Gasteiger partial charge in [0.25, 0.3) is 0 Å². The van der Waals surface area contributed by atoms with Crippen LogP contribution in [0.3, 0.4) is 0 Å². The van der Waals surface area contributed by atoms with Gasteiger partial charge >= 0.3 is 0 Å². The molecule has 1 amide bonds. The predicted molar refractivity (Wildman–Crippen MR) is 30.1 cm³/mol. The Labute approximate surface area is 48.5 Å². The van der Waals surface area contributed by atoms with Crippen LogP contribution in [0.2, 0.25) is 0 Å². The molecule has 3 heteroatoms. The molecule has 0 bridgehead atoms. The molecule has 0 aliphatic carbocycles. The minimum atomic E-state index is -0.355. The molecule has 0 spiro atoms. The molecule has 0 aromatic heterocycles. The molecule has 0 rings (SSSR count). The van der Waals surface area contributed by atoms with Crippen LogP contribution in [-0.4, -0.2) is 17.6 Å². The number of rotatable bonds is 3. The first-order valence-corrected chi connectivity index (χ1v) is 2.56. The second-order valence-electron chi connectivity index (χ2n) is 1.96. The van der Waals surface area contributed by atoms with E-state index in [2.05, 4.69) is 0 Å². The lowest BCUT2D eigenvalue weighted by molar-refractivity contribution is -0.119. The average Bonchev–Trinajstić information content (AvgIpc) is 1.65. The fourth-order valence-corrected chi connectivity index (χ4v) is 0.408. The normalized spacial score (nSPS) is 13.2. The third-order valence-electron chi connectivity index (χ3n) is 0.861. The summed E-state index contributed by atoms with van der Waals surface area (Å²) in [6.45, 7) is 1.80. The van der Waals surface area contributed by atoms with Crippen LogP contribution in [0, 0.1) is 5.92 Å². The van der Waals surface area contributed by atoms with Crippen LogP contribution >= 0.6 is 0 Å². The zero-order valence-corrected chi connectivity index (χ0v) is 4.92. The lowest BCUT2D eigenvalue weighted by Gasteiger charge is -2.00. The zero-order valence-electron chi connectivity index (χ0n) is 4.92. The number of nitrogens with two attached hydrogens (primary N) is 1. The van der Waals surface area contributed by atoms with Crippen molar-refractivity contribution in [2.45, 2.75) is 13.3 Å². The average molecular weight is 117 g/mol. The summed E-state index contributed by atoms with van der Waals surface area (Å²) in [5.74, 6) is -0.348. The van der Waals surface area contributed by atoms with Crippen molar-refractivity contribution < 1.29 is 9.90 Å². The SMILES string of the molecule is C[C@H](CO)CC(N)=O. The summed E-state index contributed by atoms with van der Waals surface area (Å²) in [7, 11) is 0. The number of hydrogen-bond acceptors (Lipinski definition) is 2. The largest absolute Gasteiger partial charge is 0.396 e. The Kier molecular flexibility index (Phi) is 3.19. The lowest BCUT2D eigenvalue weighted by atomic mass is 10.1. The first-order chi connectivity index (χ1) is 3.66. The van der Waals surface area contributed by atoms with E-state index in [9.17, 15) is 4.79 Å². The molecule has 8 heavy (non-hydrogen) atoms. The Hall–Kier alpha value is -0.570. The molecular weight excluding hydrogens is 106 g/mol. The smallest absolute Gasteiger partial charge is 0.217 e. The molecule has 0 saturated carbocycles. The first-order valence-electron chi connectivity index (χ1n) is 2.56. The van der Waals surface area contributed by atoms with Gasteiger partial charge in [-0.3, -0.25) is 4.79 Å². The summed E-state index contributed by atoms with van der Waals surface area (Å²) in [6, 6.07) is 0. The van der Waals surface area contributed by atoms with Crippen LogP contribution < -0.4 is 5.73 Å². The molecule has 0 unspecified atom stereocenters. The highest BCUT2D eigenvalue weighted by molar-refractivity contribution is 5.73. The van der Waals surface area contributed by atoms with E-state index in [1.54, 1.807) is 6.92 Å². The minimum absolute atomic E-state index is 0.00694. The summed E-state index contributed by atoms with van der Waals surface area (Å²) >= 11 is 0. The maximum absolute atomic E-state index is 10.1. The van der Waals surface area contributed by atoms with E-state index in [4.69, 9.17) is 10.8 Å². The van der Waals surface area contributed by atoms with Crippen molar-refractivity contribution in [3.05, 3.63) is 0 Å². The van der Waals surface area contributed by atoms with Crippen molar-refractivity contribution in [3.8, 4) is 0 Å². The second-order valence-corrected chi connectivity index (χ2v) is 1.96. The molecule has 0 heterocycles. The van der Waals surface area contributed by atoms with Crippen LogP contribution in [0.15, 0.2) is 0 Å². The van der Waals surface area contributed by atoms with E-state index in [-0.39, 0.29) is 24.9 Å². The molecule has 0 radical (unpaired) electrons. The van der Waals surface area contributed by atoms with Gasteiger partial charge in [-0.2, -0.15) is 0 Å². The number of aliphatic hydroxyl groups excluding tert-OH is 1. The van der Waals surface area contributed by atoms with E-state index < -0.39 is 0 Å². The molecule has 0 aliphatic rings. The van der Waals surface area contributed by atoms with Crippen LogP contribution in [0.25, 0.3) is 0 Å². The Morgan fingerprint density at radius 3 is 2.50 bits per heavy atom. The molecule has 0 aromatic rings. The van der Waals surface area contributed by atoms with Crippen molar-refractivity contribution in [1.82, 2.24) is 0 Å². The Morgan fingerprint density at radius 1 is 1.88 bits per heavy atom. The molecule has 0 aromatic carbocycles. The maximum Gasteiger partial charge on any atom is 0.217 e. The van der Waals surface area contributed by atoms with Gasteiger partial charge in [-0.15, -0.1) is 0 Å². The highest BCUT2D eigenvalue weighted by atomic mass is 16.3. The molecule has 0 aliphatic heterocycles. The van der Waals surface area contributed by atoms with Gasteiger partial charge in [0.1, 0.15) is 0 Å². The summed E-state index contributed by atoms with van der Waals surface area (Å²) in [4.78, 5) is 10.1. The highest BCUT2D eigenvalue weighted by Crippen LogP contribution is 1.96. The first kappa shape index (κ1) is 7.43. The van der Waals surface area contributed by atoms with Crippen molar-refractivity contribution >= 4 is 5.91 Å². The van der Waals surface area contributed by atoms with Gasteiger partial charge in [0, 0.05) is 13.0 Å². The standard InChI is InChI=1S/C5H11NO2/c1-4(3-7)2-5(6)8/h4,7H,2-3H2,1H3,(H2,6,8)/t4-/m0/s1. The maximum atomic E-state index is 10.1. The summed E-state index contributed by atoms with van der Waals surface area (Å²) in [5.41, 5.74) is 4.82. The summed E-state index contributed by atoms with van der Waals surface area (Å²) in [6.07, 6.45) is 0.274. The fourth-order valence-electron chi connectivity index (χ4n) is 0.408. The quantitative estimate of drug-likeness (QED) is 0.523. The third-order valence-corrected chi connectivity index (χ3v) is 0.861. The van der Waals surface area contributed by atoms with E-state index >= 15 is 0 Å². The van der Waals surface area contributed by atoms with Gasteiger partial charge < -0.3 is 10.8 Å². The number of aliphatic hydroxyl groups is 1. The molecule has 48 valence electrons. The molecule has 3 nitrogen and oxygen atoms in total. The van der Waals surface area contributed by atoms with Gasteiger partial charge in [0.2, 0.25) is 5.91 Å². The van der Waals surface area contributed by atoms with Crippen LogP contribution in [0.1, 0.15) is 13.3 Å². The Bertz CT molecular complexity index is 82.5. The van der Waals surface area contributed by atoms with Crippen LogP contribution in [0.5, 0.6) is 0 Å². The van der Waals surface area contributed by atoms with E-state index in [0.717, 1.165) is 0 Å². The zero-order chi connectivity index (χ0) is 6.57. The number of carbonyl (C=O) groups is 1. The van der Waals surface area contributed by atoms with Gasteiger partial charge in [0.05, 0.1) is 0 Å². The minimum Gasteiger partial charge on any atom is -0.396 e. The number of carbonyl (C=O) groups excluding carboxylic acids is 1. The predicted octanol–water partition coefficient (Wildman–Crippen LogP) is -0.510. The van der Waals surface area contributed by atoms with Crippen LogP contribution in [-0.2, 0) is 4.79 Å². The molecule has 0 fully saturated rings. The number of hydrogen-bond donors (Lipinski definition) is 2. The van der Waals surface area contributed by atoms with Crippen molar-refractivity contribution in [1.29, 1.82) is 0 Å². The molecule has 0 saturated heterocycles. The Balaban J connectivity index is 3.24. The van der Waals surface area contributed by atoms with Crippen molar-refractivity contribution in [2.75, 3.05) is 6.61 Å². The Morgan fingerprint density at radius 2 is 2.38 bits per heavy atom.